The molecule has 4 rings (SSSR count). The summed E-state index contributed by atoms with van der Waals surface area (Å²) in [6, 6.07) is 15.3. The van der Waals surface area contributed by atoms with Gasteiger partial charge in [0.15, 0.2) is 0 Å². The molecular weight excluding hydrogens is 380 g/mol. The highest BCUT2D eigenvalue weighted by Gasteiger charge is 2.41. The molecule has 0 aromatic heterocycles. The van der Waals surface area contributed by atoms with Crippen molar-refractivity contribution in [2.24, 2.45) is 5.92 Å². The van der Waals surface area contributed by atoms with E-state index in [9.17, 15) is 9.59 Å². The molecule has 2 aromatic carbocycles. The zero-order valence-electron chi connectivity index (χ0n) is 17.5. The number of nitrogens with one attached hydrogen (secondary N) is 1. The van der Waals surface area contributed by atoms with Gasteiger partial charge in [0.25, 0.3) is 0 Å². The first-order valence-corrected chi connectivity index (χ1v) is 10.5. The summed E-state index contributed by atoms with van der Waals surface area (Å²) >= 11 is 0. The van der Waals surface area contributed by atoms with Crippen molar-refractivity contribution in [3.63, 3.8) is 0 Å². The lowest BCUT2D eigenvalue weighted by atomic mass is 9.87. The van der Waals surface area contributed by atoms with E-state index >= 15 is 0 Å². The van der Waals surface area contributed by atoms with Gasteiger partial charge in [-0.2, -0.15) is 0 Å². The summed E-state index contributed by atoms with van der Waals surface area (Å²) in [6.07, 6.45) is 4.21. The van der Waals surface area contributed by atoms with Crippen molar-refractivity contribution in [2.75, 3.05) is 25.7 Å². The van der Waals surface area contributed by atoms with E-state index in [2.05, 4.69) is 5.32 Å². The Labute approximate surface area is 177 Å². The van der Waals surface area contributed by atoms with Gasteiger partial charge in [-0.1, -0.05) is 25.0 Å². The third-order valence-corrected chi connectivity index (χ3v) is 6.34. The molecule has 2 aliphatic rings. The van der Waals surface area contributed by atoms with Crippen molar-refractivity contribution in [3.8, 4) is 11.5 Å². The number of benzene rings is 2. The molecule has 1 atom stereocenters. The molecular formula is C24H28N2O4. The molecule has 1 heterocycles. The Morgan fingerprint density at radius 3 is 2.10 bits per heavy atom. The minimum atomic E-state index is -0.361. The average Bonchev–Trinajstić information content (AvgIpc) is 3.41. The number of amides is 2. The normalized spacial score (nSPS) is 20.3. The number of ether oxygens (including phenoxy) is 2. The monoisotopic (exact) mass is 408 g/mol. The third kappa shape index (κ3) is 3.86. The second-order valence-electron chi connectivity index (χ2n) is 8.11. The van der Waals surface area contributed by atoms with Crippen LogP contribution in [0.25, 0.3) is 0 Å². The minimum absolute atomic E-state index is 0.0229. The second kappa shape index (κ2) is 8.38. The van der Waals surface area contributed by atoms with E-state index in [1.807, 2.05) is 48.5 Å². The van der Waals surface area contributed by atoms with Gasteiger partial charge in [-0.15, -0.1) is 0 Å². The lowest BCUT2D eigenvalue weighted by Gasteiger charge is -2.32. The summed E-state index contributed by atoms with van der Waals surface area (Å²) < 4.78 is 10.5. The Morgan fingerprint density at radius 1 is 0.967 bits per heavy atom. The van der Waals surface area contributed by atoms with Crippen LogP contribution in [0, 0.1) is 5.92 Å². The Kier molecular flexibility index (Phi) is 5.66. The van der Waals surface area contributed by atoms with E-state index in [0.29, 0.717) is 6.54 Å². The van der Waals surface area contributed by atoms with Gasteiger partial charge in [0, 0.05) is 18.7 Å². The molecule has 6 nitrogen and oxygen atoms in total. The lowest BCUT2D eigenvalue weighted by molar-refractivity contribution is -0.128. The highest BCUT2D eigenvalue weighted by molar-refractivity contribution is 6.00. The molecule has 1 aliphatic carbocycles. The van der Waals surface area contributed by atoms with Crippen molar-refractivity contribution in [2.45, 2.75) is 37.6 Å². The molecule has 2 aromatic rings. The summed E-state index contributed by atoms with van der Waals surface area (Å²) in [4.78, 5) is 27.5. The highest BCUT2D eigenvalue weighted by atomic mass is 16.5. The summed E-state index contributed by atoms with van der Waals surface area (Å²) in [5.74, 6) is 1.12. The summed E-state index contributed by atoms with van der Waals surface area (Å²) in [7, 11) is 3.26. The highest BCUT2D eigenvalue weighted by Crippen LogP contribution is 2.40. The van der Waals surface area contributed by atoms with Crippen LogP contribution >= 0.6 is 0 Å². The fraction of sp³-hybridized carbons (Fsp3) is 0.417. The number of hydrogen-bond acceptors (Lipinski definition) is 4. The molecule has 1 N–H and O–H groups in total. The number of hydrogen-bond donors (Lipinski definition) is 1. The number of carbonyl (C=O) groups excluding carboxylic acids is 2. The Balaban J connectivity index is 1.48. The van der Waals surface area contributed by atoms with Crippen molar-refractivity contribution >= 4 is 17.5 Å². The van der Waals surface area contributed by atoms with Crippen molar-refractivity contribution in [1.82, 2.24) is 5.32 Å². The van der Waals surface area contributed by atoms with Crippen LogP contribution in [0.4, 0.5) is 5.69 Å². The number of rotatable bonds is 6. The van der Waals surface area contributed by atoms with Crippen molar-refractivity contribution in [3.05, 3.63) is 54.1 Å². The molecule has 1 saturated carbocycles. The van der Waals surface area contributed by atoms with Gasteiger partial charge in [0.2, 0.25) is 11.8 Å². The van der Waals surface area contributed by atoms with Crippen molar-refractivity contribution < 1.29 is 19.1 Å². The van der Waals surface area contributed by atoms with Crippen LogP contribution in [-0.4, -0.2) is 32.6 Å². The van der Waals surface area contributed by atoms with Gasteiger partial charge in [-0.3, -0.25) is 9.59 Å². The lowest BCUT2D eigenvalue weighted by Crippen LogP contribution is -2.46. The molecule has 0 radical (unpaired) electrons. The first kappa shape index (κ1) is 20.3. The Bertz CT molecular complexity index is 902. The van der Waals surface area contributed by atoms with Crippen LogP contribution < -0.4 is 19.7 Å². The fourth-order valence-corrected chi connectivity index (χ4v) is 4.61. The zero-order valence-corrected chi connectivity index (χ0v) is 17.5. The summed E-state index contributed by atoms with van der Waals surface area (Å²) in [5, 5.41) is 3.32. The van der Waals surface area contributed by atoms with Crippen LogP contribution in [0.3, 0.4) is 0 Å². The van der Waals surface area contributed by atoms with E-state index in [1.54, 1.807) is 19.1 Å². The van der Waals surface area contributed by atoms with E-state index in [1.165, 1.54) is 0 Å². The maximum Gasteiger partial charge on any atom is 0.227 e. The Hall–Kier alpha value is -3.02. The van der Waals surface area contributed by atoms with Gasteiger partial charge in [-0.25, -0.2) is 0 Å². The standard InChI is InChI=1S/C24H28N2O4/c1-29-20-9-5-18(6-10-20)24(13-3-4-14-24)25-23(28)17-15-22(27)26(16-17)19-7-11-21(30-2)12-8-19/h5-12,17H,3-4,13-16H2,1-2H3,(H,25,28). The maximum atomic E-state index is 13.2. The number of methoxy groups -OCH3 is 2. The largest absolute Gasteiger partial charge is 0.497 e. The number of anilines is 1. The van der Waals surface area contributed by atoms with Crippen molar-refractivity contribution in [1.29, 1.82) is 0 Å². The van der Waals surface area contributed by atoms with Crippen LogP contribution in [-0.2, 0) is 15.1 Å². The SMILES string of the molecule is COc1ccc(N2CC(C(=O)NC3(c4ccc(OC)cc4)CCCC3)CC2=O)cc1. The fourth-order valence-electron chi connectivity index (χ4n) is 4.61. The molecule has 1 saturated heterocycles. The zero-order chi connectivity index (χ0) is 21.1. The quantitative estimate of drug-likeness (QED) is 0.792. The second-order valence-corrected chi connectivity index (χ2v) is 8.11. The van der Waals surface area contributed by atoms with Crippen LogP contribution in [0.1, 0.15) is 37.7 Å². The first-order chi connectivity index (χ1) is 14.5. The maximum absolute atomic E-state index is 13.2. The molecule has 158 valence electrons. The molecule has 1 unspecified atom stereocenters. The number of nitrogens with zero attached hydrogens (tertiary/aromatic N) is 1. The topological polar surface area (TPSA) is 67.9 Å². The van der Waals surface area contributed by atoms with Crippen LogP contribution in [0.5, 0.6) is 11.5 Å². The van der Waals surface area contributed by atoms with Crippen LogP contribution in [0.2, 0.25) is 0 Å². The molecule has 1 aliphatic heterocycles. The number of carbonyl (C=O) groups is 2. The third-order valence-electron chi connectivity index (χ3n) is 6.34. The minimum Gasteiger partial charge on any atom is -0.497 e. The molecule has 0 spiro atoms. The van der Waals surface area contributed by atoms with Gasteiger partial charge in [-0.05, 0) is 54.8 Å². The molecule has 0 bridgehead atoms. The summed E-state index contributed by atoms with van der Waals surface area (Å²) in [6.45, 7) is 0.399. The average molecular weight is 408 g/mol. The van der Waals surface area contributed by atoms with Gasteiger partial charge >= 0.3 is 0 Å². The Morgan fingerprint density at radius 2 is 1.53 bits per heavy atom. The van der Waals surface area contributed by atoms with E-state index in [4.69, 9.17) is 9.47 Å². The van der Waals surface area contributed by atoms with E-state index in [0.717, 1.165) is 48.4 Å². The first-order valence-electron chi connectivity index (χ1n) is 10.5. The van der Waals surface area contributed by atoms with Crippen LogP contribution in [0.15, 0.2) is 48.5 Å². The smallest absolute Gasteiger partial charge is 0.227 e. The predicted octanol–water partition coefficient (Wildman–Crippen LogP) is 3.64. The van der Waals surface area contributed by atoms with E-state index in [-0.39, 0.29) is 29.7 Å². The molecule has 6 heteroatoms. The van der Waals surface area contributed by atoms with E-state index < -0.39 is 0 Å². The predicted molar refractivity (Wildman–Crippen MR) is 115 cm³/mol. The molecule has 2 fully saturated rings. The molecule has 30 heavy (non-hydrogen) atoms. The van der Waals surface area contributed by atoms with Gasteiger partial charge in [0.05, 0.1) is 25.7 Å². The summed E-state index contributed by atoms with van der Waals surface area (Å²) in [5.41, 5.74) is 1.53. The molecule has 2 amide bonds. The van der Waals surface area contributed by atoms with Gasteiger partial charge < -0.3 is 19.7 Å². The van der Waals surface area contributed by atoms with Gasteiger partial charge in [0.1, 0.15) is 11.5 Å².